The summed E-state index contributed by atoms with van der Waals surface area (Å²) in [6, 6.07) is -1.38. The first kappa shape index (κ1) is 37.2. The lowest BCUT2D eigenvalue weighted by atomic mass is 10.1. The van der Waals surface area contributed by atoms with Crippen LogP contribution in [0.5, 0.6) is 0 Å². The second-order valence-corrected chi connectivity index (χ2v) is 8.19. The Morgan fingerprint density at radius 1 is 0.756 bits per heavy atom. The predicted octanol–water partition coefficient (Wildman–Crippen LogP) is -1.23. The van der Waals surface area contributed by atoms with Crippen LogP contribution in [-0.2, 0) is 47.7 Å². The van der Waals surface area contributed by atoms with Crippen molar-refractivity contribution in [3.05, 3.63) is 10.4 Å². The van der Waals surface area contributed by atoms with E-state index in [1.807, 2.05) is 5.32 Å². The summed E-state index contributed by atoms with van der Waals surface area (Å²) in [7, 11) is 0. The number of hydrogen-bond donors (Lipinski definition) is 5. The van der Waals surface area contributed by atoms with Crippen LogP contribution in [0.25, 0.3) is 10.4 Å². The Morgan fingerprint density at radius 2 is 1.39 bits per heavy atom. The van der Waals surface area contributed by atoms with Crippen molar-refractivity contribution in [3.63, 3.8) is 0 Å². The van der Waals surface area contributed by atoms with Gasteiger partial charge in [-0.05, 0) is 18.4 Å². The number of rotatable bonds is 27. The van der Waals surface area contributed by atoms with Gasteiger partial charge in [-0.25, -0.2) is 4.79 Å². The number of ether oxygens (including phenoxy) is 4. The van der Waals surface area contributed by atoms with Crippen molar-refractivity contribution in [2.24, 2.45) is 5.11 Å². The van der Waals surface area contributed by atoms with E-state index < -0.39 is 36.2 Å². The van der Waals surface area contributed by atoms with Crippen LogP contribution < -0.4 is 16.0 Å². The van der Waals surface area contributed by atoms with Gasteiger partial charge in [0, 0.05) is 44.0 Å². The zero-order valence-electron chi connectivity index (χ0n) is 22.7. The van der Waals surface area contributed by atoms with Crippen molar-refractivity contribution in [1.82, 2.24) is 16.0 Å². The van der Waals surface area contributed by atoms with Crippen LogP contribution in [0.15, 0.2) is 5.11 Å². The molecule has 0 heterocycles. The highest BCUT2D eigenvalue weighted by Gasteiger charge is 2.22. The molecule has 18 nitrogen and oxygen atoms in total. The molecule has 0 saturated heterocycles. The van der Waals surface area contributed by atoms with E-state index >= 15 is 0 Å². The van der Waals surface area contributed by atoms with E-state index in [0.717, 1.165) is 0 Å². The second-order valence-electron chi connectivity index (χ2n) is 8.19. The van der Waals surface area contributed by atoms with E-state index in [2.05, 4.69) is 20.7 Å². The number of carboxylic acid groups (broad SMARTS) is 2. The van der Waals surface area contributed by atoms with E-state index in [9.17, 15) is 28.8 Å². The lowest BCUT2D eigenvalue weighted by Gasteiger charge is -2.13. The summed E-state index contributed by atoms with van der Waals surface area (Å²) in [5, 5.41) is 28.0. The van der Waals surface area contributed by atoms with Gasteiger partial charge in [0.2, 0.25) is 17.7 Å². The fourth-order valence-electron chi connectivity index (χ4n) is 2.84. The minimum absolute atomic E-state index is 0.0776. The predicted molar refractivity (Wildman–Crippen MR) is 139 cm³/mol. The number of amides is 3. The Hall–Kier alpha value is -3.83. The number of nitrogens with one attached hydrogen (secondary N) is 3. The third kappa shape index (κ3) is 24.9. The molecule has 41 heavy (non-hydrogen) atoms. The molecule has 0 radical (unpaired) electrons. The van der Waals surface area contributed by atoms with Crippen molar-refractivity contribution < 1.29 is 57.9 Å². The maximum absolute atomic E-state index is 11.8. The number of carbonyl (C=O) groups is 6. The third-order valence-corrected chi connectivity index (χ3v) is 4.76. The summed E-state index contributed by atoms with van der Waals surface area (Å²) in [5.74, 6) is -4.63. The fourth-order valence-corrected chi connectivity index (χ4v) is 2.84. The number of carboxylic acids is 2. The Balaban J connectivity index is 3.61. The molecule has 0 aromatic rings. The number of hydrogen-bond acceptors (Lipinski definition) is 11. The number of Topliss-reactive ketones (excluding diaryl/α,β-unsaturated/α-hetero) is 1. The van der Waals surface area contributed by atoms with Gasteiger partial charge in [-0.3, -0.25) is 24.0 Å². The number of ketones is 1. The van der Waals surface area contributed by atoms with Gasteiger partial charge in [0.25, 0.3) is 0 Å². The fraction of sp³-hybridized carbons (Fsp3) is 0.739. The average molecular weight is 591 g/mol. The average Bonchev–Trinajstić information content (AvgIpc) is 2.91. The van der Waals surface area contributed by atoms with Crippen molar-refractivity contribution >= 4 is 35.4 Å². The van der Waals surface area contributed by atoms with Gasteiger partial charge in [0.05, 0.1) is 33.0 Å². The highest BCUT2D eigenvalue weighted by Crippen LogP contribution is 1.99. The zero-order valence-corrected chi connectivity index (χ0v) is 22.7. The summed E-state index contributed by atoms with van der Waals surface area (Å²) in [6.45, 7) is 1.68. The molecule has 0 rings (SSSR count). The second kappa shape index (κ2) is 25.2. The van der Waals surface area contributed by atoms with Gasteiger partial charge in [0.15, 0.2) is 5.78 Å². The largest absolute Gasteiger partial charge is 0.481 e. The summed E-state index contributed by atoms with van der Waals surface area (Å²) in [6.07, 6.45) is -0.506. The monoisotopic (exact) mass is 590 g/mol. The van der Waals surface area contributed by atoms with Crippen molar-refractivity contribution in [2.75, 3.05) is 72.5 Å². The normalized spacial score (nSPS) is 11.1. The molecule has 1 atom stereocenters. The molecule has 0 aromatic heterocycles. The molecule has 5 N–H and O–H groups in total. The van der Waals surface area contributed by atoms with Gasteiger partial charge in [-0.2, -0.15) is 0 Å². The molecule has 0 aliphatic heterocycles. The Kier molecular flexibility index (Phi) is 22.8. The van der Waals surface area contributed by atoms with Crippen LogP contribution in [-0.4, -0.2) is 124 Å². The molecule has 0 saturated carbocycles. The Labute approximate surface area is 236 Å². The highest BCUT2D eigenvalue weighted by molar-refractivity contribution is 5.95. The highest BCUT2D eigenvalue weighted by atomic mass is 16.5. The molecule has 1 unspecified atom stereocenters. The molecule has 0 spiro atoms. The van der Waals surface area contributed by atoms with Crippen LogP contribution in [0.2, 0.25) is 0 Å². The van der Waals surface area contributed by atoms with E-state index in [0.29, 0.717) is 13.0 Å². The molecule has 0 aliphatic rings. The van der Waals surface area contributed by atoms with Gasteiger partial charge < -0.3 is 45.1 Å². The topological polar surface area (TPSA) is 265 Å². The minimum Gasteiger partial charge on any atom is -0.481 e. The first-order chi connectivity index (χ1) is 19.6. The van der Waals surface area contributed by atoms with Crippen molar-refractivity contribution in [1.29, 1.82) is 0 Å². The third-order valence-electron chi connectivity index (χ3n) is 4.76. The Bertz CT molecular complexity index is 881. The number of nitrogens with zero attached hydrogens (tertiary/aromatic N) is 3. The molecular formula is C23H38N6O12. The van der Waals surface area contributed by atoms with Crippen LogP contribution in [0.4, 0.5) is 0 Å². The summed E-state index contributed by atoms with van der Waals surface area (Å²) >= 11 is 0. The van der Waals surface area contributed by atoms with Gasteiger partial charge in [0.1, 0.15) is 25.7 Å². The maximum Gasteiger partial charge on any atom is 0.326 e. The number of carbonyl (C=O) groups excluding carboxylic acids is 4. The SMILES string of the molecule is [N-]=[N+]=NCCNC(=O)COCCOCCCC(=O)COCCOCCNC(=O)CCC(NC(=O)CC(=O)O)C(=O)O. The molecule has 0 fully saturated rings. The molecule has 3 amide bonds. The van der Waals surface area contributed by atoms with Crippen molar-refractivity contribution in [2.45, 2.75) is 38.1 Å². The first-order valence-electron chi connectivity index (χ1n) is 12.8. The van der Waals surface area contributed by atoms with E-state index in [4.69, 9.17) is 34.7 Å². The number of aliphatic carboxylic acids is 2. The zero-order chi connectivity index (χ0) is 30.7. The first-order valence-corrected chi connectivity index (χ1v) is 12.8. The maximum atomic E-state index is 11.8. The van der Waals surface area contributed by atoms with Gasteiger partial charge in [-0.15, -0.1) is 0 Å². The molecule has 0 aliphatic carbocycles. The molecule has 0 aromatic carbocycles. The summed E-state index contributed by atoms with van der Waals surface area (Å²) in [5.41, 5.74) is 8.12. The lowest BCUT2D eigenvalue weighted by molar-refractivity contribution is -0.145. The molecule has 0 bridgehead atoms. The van der Waals surface area contributed by atoms with Gasteiger partial charge >= 0.3 is 11.9 Å². The van der Waals surface area contributed by atoms with Gasteiger partial charge in [-0.1, -0.05) is 5.11 Å². The summed E-state index contributed by atoms with van der Waals surface area (Å²) < 4.78 is 21.0. The minimum atomic E-state index is -1.40. The molecule has 232 valence electrons. The quantitative estimate of drug-likeness (QED) is 0.0247. The number of azide groups is 1. The van der Waals surface area contributed by atoms with Crippen LogP contribution in [0.3, 0.4) is 0 Å². The van der Waals surface area contributed by atoms with Crippen molar-refractivity contribution in [3.8, 4) is 0 Å². The molecular weight excluding hydrogens is 552 g/mol. The van der Waals surface area contributed by atoms with Crippen LogP contribution in [0.1, 0.15) is 32.1 Å². The Morgan fingerprint density at radius 3 is 2.05 bits per heavy atom. The molecule has 18 heteroatoms. The van der Waals surface area contributed by atoms with Crippen LogP contribution >= 0.6 is 0 Å². The van der Waals surface area contributed by atoms with E-state index in [-0.39, 0.29) is 96.8 Å². The van der Waals surface area contributed by atoms with E-state index in [1.54, 1.807) is 0 Å². The smallest absolute Gasteiger partial charge is 0.326 e. The lowest BCUT2D eigenvalue weighted by Crippen LogP contribution is -2.42. The summed E-state index contributed by atoms with van der Waals surface area (Å²) in [4.78, 5) is 70.6. The standard InChI is InChI=1S/C23H38N6O12/c24-29-27-6-5-25-21(33)16-41-13-10-38-8-1-2-17(30)15-40-12-11-39-9-7-26-19(31)4-3-18(23(36)37)28-20(32)14-22(34)35/h18H,1-16H2,(H,25,33)(H,26,31)(H,28,32)(H,34,35)(H,36,37). The van der Waals surface area contributed by atoms with E-state index in [1.165, 1.54) is 0 Å². The van der Waals surface area contributed by atoms with Crippen LogP contribution in [0, 0.1) is 0 Å².